The van der Waals surface area contributed by atoms with Crippen molar-refractivity contribution in [1.29, 1.82) is 0 Å². The lowest BCUT2D eigenvalue weighted by atomic mass is 10.3. The molecule has 9 nitrogen and oxygen atoms in total. The summed E-state index contributed by atoms with van der Waals surface area (Å²) in [6.07, 6.45) is 1.39. The van der Waals surface area contributed by atoms with E-state index in [-0.39, 0.29) is 28.7 Å². The van der Waals surface area contributed by atoms with Crippen LogP contribution in [0, 0.1) is 12.7 Å². The van der Waals surface area contributed by atoms with Crippen LogP contribution < -0.4 is 10.9 Å². The minimum absolute atomic E-state index is 0.107. The summed E-state index contributed by atoms with van der Waals surface area (Å²) in [5.41, 5.74) is 1.02. The molecule has 5 aromatic rings. The second-order valence-electron chi connectivity index (χ2n) is 6.67. The van der Waals surface area contributed by atoms with Crippen LogP contribution in [0.2, 0.25) is 0 Å². The summed E-state index contributed by atoms with van der Waals surface area (Å²) in [7, 11) is 0. The lowest BCUT2D eigenvalue weighted by Gasteiger charge is -2.08. The number of carbonyl (C=O) groups is 1. The molecule has 0 radical (unpaired) electrons. The number of benzene rings is 1. The number of aryl methyl sites for hydroxylation is 1. The van der Waals surface area contributed by atoms with Gasteiger partial charge in [-0.2, -0.15) is 19.9 Å². The molecular formula is C20H14FN7O2S. The first kappa shape index (κ1) is 18.9. The molecule has 0 aliphatic heterocycles. The standard InChI is InChI=1S/C20H14FN7O2S/c1-11-9-16(23-19(30)15-3-2-8-31-15)28(26-11)20-24-17-14(18(29)25-20)10-22-27(17)13-6-4-12(21)5-7-13/h2-10H,1H3,(H,23,30)(H,24,25,29). The summed E-state index contributed by atoms with van der Waals surface area (Å²) >= 11 is 1.31. The van der Waals surface area contributed by atoms with E-state index in [0.717, 1.165) is 0 Å². The smallest absolute Gasteiger partial charge is 0.266 e. The van der Waals surface area contributed by atoms with Gasteiger partial charge >= 0.3 is 0 Å². The molecule has 0 fully saturated rings. The molecule has 0 aliphatic rings. The minimum atomic E-state index is -0.419. The topological polar surface area (TPSA) is 110 Å². The van der Waals surface area contributed by atoms with E-state index in [1.165, 1.54) is 51.2 Å². The molecule has 0 spiro atoms. The number of hydrogen-bond donors (Lipinski definition) is 2. The summed E-state index contributed by atoms with van der Waals surface area (Å²) in [6.45, 7) is 1.76. The first-order chi connectivity index (χ1) is 15.0. The van der Waals surface area contributed by atoms with Crippen LogP contribution in [0.1, 0.15) is 15.4 Å². The van der Waals surface area contributed by atoms with Crippen LogP contribution >= 0.6 is 11.3 Å². The number of H-pyrrole nitrogens is 1. The van der Waals surface area contributed by atoms with Crippen molar-refractivity contribution < 1.29 is 9.18 Å². The highest BCUT2D eigenvalue weighted by molar-refractivity contribution is 7.12. The lowest BCUT2D eigenvalue weighted by molar-refractivity contribution is 0.103. The van der Waals surface area contributed by atoms with Gasteiger partial charge in [0, 0.05) is 6.07 Å². The molecule has 0 bridgehead atoms. The van der Waals surface area contributed by atoms with Gasteiger partial charge < -0.3 is 5.32 Å². The first-order valence-electron chi connectivity index (χ1n) is 9.15. The molecule has 5 rings (SSSR count). The summed E-state index contributed by atoms with van der Waals surface area (Å²) in [5, 5.41) is 13.4. The zero-order valence-electron chi connectivity index (χ0n) is 16.0. The molecular weight excluding hydrogens is 421 g/mol. The molecule has 0 aliphatic carbocycles. The molecule has 0 atom stereocenters. The number of rotatable bonds is 4. The Morgan fingerprint density at radius 3 is 2.74 bits per heavy atom. The Bertz CT molecular complexity index is 1470. The molecule has 1 amide bonds. The van der Waals surface area contributed by atoms with Gasteiger partial charge in [-0.25, -0.2) is 9.07 Å². The fourth-order valence-electron chi connectivity index (χ4n) is 3.11. The van der Waals surface area contributed by atoms with E-state index in [9.17, 15) is 14.0 Å². The molecule has 4 aromatic heterocycles. The predicted octanol–water partition coefficient (Wildman–Crippen LogP) is 3.06. The highest BCUT2D eigenvalue weighted by Gasteiger charge is 2.17. The predicted molar refractivity (Wildman–Crippen MR) is 114 cm³/mol. The van der Waals surface area contributed by atoms with E-state index < -0.39 is 5.56 Å². The average Bonchev–Trinajstić information content (AvgIpc) is 3.48. The summed E-state index contributed by atoms with van der Waals surface area (Å²) in [6, 6.07) is 10.8. The van der Waals surface area contributed by atoms with Crippen molar-refractivity contribution >= 4 is 34.1 Å². The maximum absolute atomic E-state index is 13.3. The Hall–Kier alpha value is -4.12. The highest BCUT2D eigenvalue weighted by atomic mass is 32.1. The molecule has 0 saturated heterocycles. The number of fused-ring (bicyclic) bond motifs is 1. The lowest BCUT2D eigenvalue weighted by Crippen LogP contribution is -2.18. The largest absolute Gasteiger partial charge is 0.306 e. The van der Waals surface area contributed by atoms with E-state index in [1.807, 2.05) is 0 Å². The number of hydrogen-bond acceptors (Lipinski definition) is 6. The fourth-order valence-corrected chi connectivity index (χ4v) is 3.73. The third-order valence-electron chi connectivity index (χ3n) is 4.52. The number of aromatic amines is 1. The first-order valence-corrected chi connectivity index (χ1v) is 10.0. The quantitative estimate of drug-likeness (QED) is 0.451. The molecule has 1 aromatic carbocycles. The molecule has 4 heterocycles. The van der Waals surface area contributed by atoms with Crippen molar-refractivity contribution in [1.82, 2.24) is 29.5 Å². The summed E-state index contributed by atoms with van der Waals surface area (Å²) in [4.78, 5) is 32.9. The Morgan fingerprint density at radius 2 is 2.00 bits per heavy atom. The van der Waals surface area contributed by atoms with Gasteiger partial charge in [-0.05, 0) is 42.6 Å². The molecule has 0 saturated carbocycles. The zero-order valence-corrected chi connectivity index (χ0v) is 16.9. The maximum Gasteiger partial charge on any atom is 0.266 e. The van der Waals surface area contributed by atoms with E-state index in [0.29, 0.717) is 22.1 Å². The van der Waals surface area contributed by atoms with Gasteiger partial charge in [0.2, 0.25) is 5.95 Å². The summed E-state index contributed by atoms with van der Waals surface area (Å²) < 4.78 is 16.1. The Balaban J connectivity index is 1.61. The Morgan fingerprint density at radius 1 is 1.19 bits per heavy atom. The van der Waals surface area contributed by atoms with Crippen molar-refractivity contribution in [3.05, 3.63) is 80.8 Å². The van der Waals surface area contributed by atoms with Gasteiger partial charge in [0.25, 0.3) is 11.5 Å². The van der Waals surface area contributed by atoms with Crippen LogP contribution in [-0.2, 0) is 0 Å². The zero-order chi connectivity index (χ0) is 21.5. The second-order valence-corrected chi connectivity index (χ2v) is 7.62. The molecule has 11 heteroatoms. The number of anilines is 1. The molecule has 31 heavy (non-hydrogen) atoms. The average molecular weight is 435 g/mol. The monoisotopic (exact) mass is 435 g/mol. The van der Waals surface area contributed by atoms with Gasteiger partial charge in [0.15, 0.2) is 5.65 Å². The second kappa shape index (κ2) is 7.29. The SMILES string of the molecule is Cc1cc(NC(=O)c2cccs2)n(-c2nc3c(cnn3-c3ccc(F)cc3)c(=O)[nH]2)n1. The van der Waals surface area contributed by atoms with Crippen molar-refractivity contribution in [2.24, 2.45) is 0 Å². The van der Waals surface area contributed by atoms with Crippen molar-refractivity contribution in [3.63, 3.8) is 0 Å². The highest BCUT2D eigenvalue weighted by Crippen LogP contribution is 2.19. The van der Waals surface area contributed by atoms with E-state index in [1.54, 1.807) is 30.5 Å². The van der Waals surface area contributed by atoms with E-state index in [4.69, 9.17) is 0 Å². The number of thiophene rings is 1. The Labute approximate surface area is 177 Å². The number of amides is 1. The van der Waals surface area contributed by atoms with E-state index >= 15 is 0 Å². The van der Waals surface area contributed by atoms with Gasteiger partial charge in [-0.1, -0.05) is 6.07 Å². The van der Waals surface area contributed by atoms with Crippen molar-refractivity contribution in [2.45, 2.75) is 6.92 Å². The third-order valence-corrected chi connectivity index (χ3v) is 5.38. The number of halogens is 1. The van der Waals surface area contributed by atoms with Gasteiger partial charge in [0.05, 0.1) is 22.5 Å². The minimum Gasteiger partial charge on any atom is -0.306 e. The van der Waals surface area contributed by atoms with Crippen molar-refractivity contribution in [3.8, 4) is 11.6 Å². The van der Waals surface area contributed by atoms with Gasteiger partial charge in [-0.3, -0.25) is 14.6 Å². The van der Waals surface area contributed by atoms with Crippen LogP contribution in [0.4, 0.5) is 10.2 Å². The van der Waals surface area contributed by atoms with Crippen LogP contribution in [0.15, 0.2) is 58.8 Å². The summed E-state index contributed by atoms with van der Waals surface area (Å²) in [5.74, 6) is -0.219. The maximum atomic E-state index is 13.3. The number of aromatic nitrogens is 6. The Kier molecular flexibility index (Phi) is 4.44. The normalized spacial score (nSPS) is 11.2. The van der Waals surface area contributed by atoms with E-state index in [2.05, 4.69) is 25.5 Å². The molecule has 154 valence electrons. The third kappa shape index (κ3) is 3.40. The number of nitrogens with zero attached hydrogens (tertiary/aromatic N) is 5. The van der Waals surface area contributed by atoms with Crippen LogP contribution in [0.5, 0.6) is 0 Å². The molecule has 2 N–H and O–H groups in total. The van der Waals surface area contributed by atoms with Crippen LogP contribution in [0.25, 0.3) is 22.7 Å². The fraction of sp³-hybridized carbons (Fsp3) is 0.0500. The number of carbonyl (C=O) groups excluding carboxylic acids is 1. The van der Waals surface area contributed by atoms with Gasteiger partial charge in [0.1, 0.15) is 17.0 Å². The molecule has 0 unspecified atom stereocenters. The van der Waals surface area contributed by atoms with Crippen LogP contribution in [-0.4, -0.2) is 35.4 Å². The van der Waals surface area contributed by atoms with Crippen LogP contribution in [0.3, 0.4) is 0 Å². The van der Waals surface area contributed by atoms with Gasteiger partial charge in [-0.15, -0.1) is 11.3 Å². The van der Waals surface area contributed by atoms with Crippen molar-refractivity contribution in [2.75, 3.05) is 5.32 Å². The number of nitrogens with one attached hydrogen (secondary N) is 2.